The van der Waals surface area contributed by atoms with E-state index in [1.165, 1.54) is 12.1 Å². The number of benzene rings is 1. The number of nitrogens with one attached hydrogen (secondary N) is 2. The molecular formula is C15H21FIN5. The van der Waals surface area contributed by atoms with Gasteiger partial charge in [0.05, 0.1) is 12.2 Å². The maximum Gasteiger partial charge on any atom is 0.194 e. The van der Waals surface area contributed by atoms with E-state index >= 15 is 0 Å². The molecule has 0 fully saturated rings. The summed E-state index contributed by atoms with van der Waals surface area (Å²) < 4.78 is 13.2. The average molecular weight is 417 g/mol. The lowest BCUT2D eigenvalue weighted by atomic mass is 10.2. The standard InChI is InChI=1S/C15H20FN5.HI/c1-3-17-15(18-10-14-7-8-19-20-14)21(2)11-12-5-4-6-13(16)9-12;/h4-9H,3,10-11H2,1-2H3,(H,17,18)(H,19,20);1H. The fourth-order valence-electron chi connectivity index (χ4n) is 1.99. The van der Waals surface area contributed by atoms with Crippen LogP contribution in [-0.4, -0.2) is 34.6 Å². The molecule has 0 amide bonds. The highest BCUT2D eigenvalue weighted by atomic mass is 127. The van der Waals surface area contributed by atoms with Crippen molar-refractivity contribution in [3.63, 3.8) is 0 Å². The molecule has 0 atom stereocenters. The molecule has 120 valence electrons. The molecule has 0 aliphatic carbocycles. The van der Waals surface area contributed by atoms with Crippen LogP contribution in [0.25, 0.3) is 0 Å². The zero-order chi connectivity index (χ0) is 15.1. The number of hydrogen-bond donors (Lipinski definition) is 2. The third-order valence-corrected chi connectivity index (χ3v) is 2.96. The smallest absolute Gasteiger partial charge is 0.194 e. The SMILES string of the molecule is CCNC(=NCc1ccn[nH]1)N(C)Cc1cccc(F)c1.I. The topological polar surface area (TPSA) is 56.3 Å². The summed E-state index contributed by atoms with van der Waals surface area (Å²) in [4.78, 5) is 6.51. The second-order valence-corrected chi connectivity index (χ2v) is 4.74. The number of halogens is 2. The zero-order valence-corrected chi connectivity index (χ0v) is 15.0. The van der Waals surface area contributed by atoms with E-state index in [-0.39, 0.29) is 29.8 Å². The Balaban J connectivity index is 0.00000242. The minimum absolute atomic E-state index is 0. The van der Waals surface area contributed by atoms with Crippen LogP contribution in [0.4, 0.5) is 4.39 Å². The number of aromatic nitrogens is 2. The summed E-state index contributed by atoms with van der Waals surface area (Å²) in [5.41, 5.74) is 1.86. The van der Waals surface area contributed by atoms with Crippen LogP contribution in [0.15, 0.2) is 41.5 Å². The molecule has 1 aromatic carbocycles. The molecule has 2 rings (SSSR count). The number of nitrogens with zero attached hydrogens (tertiary/aromatic N) is 3. The number of hydrogen-bond acceptors (Lipinski definition) is 2. The van der Waals surface area contributed by atoms with E-state index in [0.717, 1.165) is 23.8 Å². The molecule has 22 heavy (non-hydrogen) atoms. The van der Waals surface area contributed by atoms with E-state index < -0.39 is 0 Å². The van der Waals surface area contributed by atoms with Gasteiger partial charge in [0.15, 0.2) is 5.96 Å². The molecule has 7 heteroatoms. The van der Waals surface area contributed by atoms with Crippen LogP contribution in [0.5, 0.6) is 0 Å². The van der Waals surface area contributed by atoms with Crippen LogP contribution < -0.4 is 5.32 Å². The lowest BCUT2D eigenvalue weighted by Crippen LogP contribution is -2.38. The first kappa shape index (κ1) is 18.4. The molecule has 0 spiro atoms. The summed E-state index contributed by atoms with van der Waals surface area (Å²) in [6.07, 6.45) is 1.70. The minimum atomic E-state index is -0.222. The Bertz CT molecular complexity index is 585. The normalized spacial score (nSPS) is 11.0. The lowest BCUT2D eigenvalue weighted by molar-refractivity contribution is 0.474. The number of aromatic amines is 1. The molecule has 1 heterocycles. The molecule has 0 radical (unpaired) electrons. The maximum atomic E-state index is 13.2. The van der Waals surface area contributed by atoms with E-state index in [2.05, 4.69) is 20.5 Å². The second-order valence-electron chi connectivity index (χ2n) is 4.74. The summed E-state index contributed by atoms with van der Waals surface area (Å²) in [6.45, 7) is 3.90. The Morgan fingerprint density at radius 1 is 1.41 bits per heavy atom. The number of rotatable bonds is 5. The van der Waals surface area contributed by atoms with Gasteiger partial charge in [0.1, 0.15) is 5.82 Å². The monoisotopic (exact) mass is 417 g/mol. The molecule has 2 N–H and O–H groups in total. The van der Waals surface area contributed by atoms with Crippen molar-refractivity contribution >= 4 is 29.9 Å². The van der Waals surface area contributed by atoms with Crippen molar-refractivity contribution in [2.45, 2.75) is 20.0 Å². The third-order valence-electron chi connectivity index (χ3n) is 2.96. The fourth-order valence-corrected chi connectivity index (χ4v) is 1.99. The minimum Gasteiger partial charge on any atom is -0.357 e. The predicted octanol–water partition coefficient (Wildman–Crippen LogP) is 2.76. The predicted molar refractivity (Wildman–Crippen MR) is 96.7 cm³/mol. The average Bonchev–Trinajstić information content (AvgIpc) is 2.96. The molecule has 1 aromatic heterocycles. The Morgan fingerprint density at radius 2 is 2.23 bits per heavy atom. The van der Waals surface area contributed by atoms with E-state index in [1.807, 2.05) is 31.0 Å². The van der Waals surface area contributed by atoms with Gasteiger partial charge in [0.25, 0.3) is 0 Å². The van der Waals surface area contributed by atoms with E-state index in [1.54, 1.807) is 12.3 Å². The van der Waals surface area contributed by atoms with Gasteiger partial charge in [0.2, 0.25) is 0 Å². The number of aliphatic imine (C=N–C) groups is 1. The molecular weight excluding hydrogens is 396 g/mol. The Labute approximate surface area is 147 Å². The van der Waals surface area contributed by atoms with Crippen molar-refractivity contribution in [3.8, 4) is 0 Å². The highest BCUT2D eigenvalue weighted by Gasteiger charge is 2.07. The molecule has 0 aliphatic heterocycles. The van der Waals surface area contributed by atoms with Gasteiger partial charge < -0.3 is 10.2 Å². The maximum absolute atomic E-state index is 13.2. The number of guanidine groups is 1. The molecule has 2 aromatic rings. The zero-order valence-electron chi connectivity index (χ0n) is 12.7. The first-order valence-electron chi connectivity index (χ1n) is 6.91. The van der Waals surface area contributed by atoms with E-state index in [0.29, 0.717) is 13.1 Å². The van der Waals surface area contributed by atoms with Crippen molar-refractivity contribution in [1.82, 2.24) is 20.4 Å². The molecule has 5 nitrogen and oxygen atoms in total. The molecule has 0 saturated carbocycles. The molecule has 0 unspecified atom stereocenters. The Hall–Kier alpha value is -1.64. The van der Waals surface area contributed by atoms with Crippen molar-refractivity contribution in [2.24, 2.45) is 4.99 Å². The highest BCUT2D eigenvalue weighted by molar-refractivity contribution is 14.0. The van der Waals surface area contributed by atoms with E-state index in [9.17, 15) is 4.39 Å². The Morgan fingerprint density at radius 3 is 2.86 bits per heavy atom. The molecule has 0 bridgehead atoms. The van der Waals surface area contributed by atoms with Gasteiger partial charge in [-0.15, -0.1) is 24.0 Å². The van der Waals surface area contributed by atoms with Crippen molar-refractivity contribution < 1.29 is 4.39 Å². The highest BCUT2D eigenvalue weighted by Crippen LogP contribution is 2.07. The van der Waals surface area contributed by atoms with Crippen molar-refractivity contribution in [3.05, 3.63) is 53.6 Å². The van der Waals surface area contributed by atoms with Crippen LogP contribution in [-0.2, 0) is 13.1 Å². The summed E-state index contributed by atoms with van der Waals surface area (Å²) in [5, 5.41) is 10.0. The third kappa shape index (κ3) is 5.63. The van der Waals surface area contributed by atoms with Gasteiger partial charge >= 0.3 is 0 Å². The van der Waals surface area contributed by atoms with Crippen LogP contribution in [0.1, 0.15) is 18.2 Å². The van der Waals surface area contributed by atoms with Crippen LogP contribution >= 0.6 is 24.0 Å². The van der Waals surface area contributed by atoms with E-state index in [4.69, 9.17) is 0 Å². The Kier molecular flexibility index (Phi) is 7.86. The van der Waals surface area contributed by atoms with Gasteiger partial charge in [-0.1, -0.05) is 12.1 Å². The van der Waals surface area contributed by atoms with Crippen molar-refractivity contribution in [2.75, 3.05) is 13.6 Å². The summed E-state index contributed by atoms with van der Waals surface area (Å²) in [5.74, 6) is 0.552. The molecule has 0 aliphatic rings. The van der Waals surface area contributed by atoms with Gasteiger partial charge in [0, 0.05) is 26.3 Å². The van der Waals surface area contributed by atoms with Gasteiger partial charge in [-0.05, 0) is 30.7 Å². The first-order chi connectivity index (χ1) is 10.2. The second kappa shape index (κ2) is 9.39. The summed E-state index contributed by atoms with van der Waals surface area (Å²) >= 11 is 0. The summed E-state index contributed by atoms with van der Waals surface area (Å²) in [6, 6.07) is 8.49. The molecule has 0 saturated heterocycles. The van der Waals surface area contributed by atoms with Crippen LogP contribution in [0, 0.1) is 5.82 Å². The number of H-pyrrole nitrogens is 1. The largest absolute Gasteiger partial charge is 0.357 e. The van der Waals surface area contributed by atoms with Crippen LogP contribution in [0.2, 0.25) is 0 Å². The van der Waals surface area contributed by atoms with Gasteiger partial charge in [-0.2, -0.15) is 5.10 Å². The summed E-state index contributed by atoms with van der Waals surface area (Å²) in [7, 11) is 1.93. The first-order valence-corrected chi connectivity index (χ1v) is 6.91. The lowest BCUT2D eigenvalue weighted by Gasteiger charge is -2.22. The van der Waals surface area contributed by atoms with Crippen LogP contribution in [0.3, 0.4) is 0 Å². The van der Waals surface area contributed by atoms with Crippen molar-refractivity contribution in [1.29, 1.82) is 0 Å². The van der Waals surface area contributed by atoms with Gasteiger partial charge in [-0.25, -0.2) is 9.38 Å². The fraction of sp³-hybridized carbons (Fsp3) is 0.333. The van der Waals surface area contributed by atoms with Gasteiger partial charge in [-0.3, -0.25) is 5.10 Å². The quantitative estimate of drug-likeness (QED) is 0.447.